The van der Waals surface area contributed by atoms with E-state index in [0.717, 1.165) is 4.90 Å². The Kier molecular flexibility index (Phi) is 4.16. The molecule has 18 heavy (non-hydrogen) atoms. The lowest BCUT2D eigenvalue weighted by Crippen LogP contribution is -2.51. The number of nitrogens with zero attached hydrogens (tertiary/aromatic N) is 1. The van der Waals surface area contributed by atoms with Crippen LogP contribution in [0.2, 0.25) is 0 Å². The van der Waals surface area contributed by atoms with Gasteiger partial charge in [-0.15, -0.1) is 6.58 Å². The summed E-state index contributed by atoms with van der Waals surface area (Å²) in [6.45, 7) is 10.7. The van der Waals surface area contributed by atoms with E-state index in [9.17, 15) is 14.7 Å². The summed E-state index contributed by atoms with van der Waals surface area (Å²) in [5.74, 6) is -0.326. The number of imide groups is 1. The second-order valence-corrected chi connectivity index (χ2v) is 5.47. The van der Waals surface area contributed by atoms with Crippen molar-refractivity contribution in [1.29, 1.82) is 0 Å². The summed E-state index contributed by atoms with van der Waals surface area (Å²) < 4.78 is 4.93. The molecule has 1 aliphatic heterocycles. The monoisotopic (exact) mass is 255 g/mol. The second kappa shape index (κ2) is 5.10. The van der Waals surface area contributed by atoms with Gasteiger partial charge in [0.25, 0.3) is 0 Å². The minimum atomic E-state index is -1.10. The van der Waals surface area contributed by atoms with Crippen molar-refractivity contribution in [1.82, 2.24) is 4.90 Å². The van der Waals surface area contributed by atoms with Crippen molar-refractivity contribution in [2.75, 3.05) is 6.61 Å². The fourth-order valence-corrected chi connectivity index (χ4v) is 1.89. The van der Waals surface area contributed by atoms with Crippen LogP contribution in [0.4, 0.5) is 4.79 Å². The van der Waals surface area contributed by atoms with Gasteiger partial charge in [-0.1, -0.05) is 19.9 Å². The predicted octanol–water partition coefficient (Wildman–Crippen LogP) is 1.56. The minimum absolute atomic E-state index is 0.108. The van der Waals surface area contributed by atoms with Gasteiger partial charge in [0.1, 0.15) is 6.61 Å². The van der Waals surface area contributed by atoms with Crippen molar-refractivity contribution >= 4 is 12.0 Å². The first-order chi connectivity index (χ1) is 8.23. The number of aliphatic hydroxyl groups is 1. The zero-order valence-corrected chi connectivity index (χ0v) is 11.3. The Bertz CT molecular complexity index is 362. The third-order valence-corrected chi connectivity index (χ3v) is 3.41. The molecule has 0 radical (unpaired) electrons. The van der Waals surface area contributed by atoms with Crippen LogP contribution < -0.4 is 0 Å². The van der Waals surface area contributed by atoms with Crippen LogP contribution in [0.3, 0.4) is 0 Å². The zero-order valence-electron chi connectivity index (χ0n) is 11.3. The lowest BCUT2D eigenvalue weighted by molar-refractivity contribution is -0.143. The molecule has 0 aromatic rings. The smallest absolute Gasteiger partial charge is 0.417 e. The molecular weight excluding hydrogens is 234 g/mol. The Hall–Kier alpha value is -1.36. The molecule has 1 N–H and O–H groups in total. The molecule has 1 aliphatic rings. The van der Waals surface area contributed by atoms with E-state index in [4.69, 9.17) is 4.74 Å². The highest BCUT2D eigenvalue weighted by atomic mass is 16.6. The van der Waals surface area contributed by atoms with E-state index in [0.29, 0.717) is 0 Å². The van der Waals surface area contributed by atoms with Gasteiger partial charge in [0.05, 0.1) is 17.6 Å². The molecule has 0 aliphatic carbocycles. The van der Waals surface area contributed by atoms with Gasteiger partial charge in [0, 0.05) is 0 Å². The molecule has 1 rings (SSSR count). The van der Waals surface area contributed by atoms with Crippen molar-refractivity contribution in [3.8, 4) is 0 Å². The van der Waals surface area contributed by atoms with Crippen LogP contribution in [0.5, 0.6) is 0 Å². The standard InChI is InChI=1S/C13H21NO4/c1-6-10(15)13(4,5)11(16)14-9(8(2)3)7-18-12(14)17/h6,8-10,15H,1,7H2,2-5H3/t9-,10+/m0/s1. The molecule has 0 aromatic carbocycles. The zero-order chi connectivity index (χ0) is 14.1. The summed E-state index contributed by atoms with van der Waals surface area (Å²) in [5.41, 5.74) is -1.10. The molecule has 1 saturated heterocycles. The predicted molar refractivity (Wildman–Crippen MR) is 66.8 cm³/mol. The van der Waals surface area contributed by atoms with Crippen molar-refractivity contribution in [3.63, 3.8) is 0 Å². The highest BCUT2D eigenvalue weighted by Gasteiger charge is 2.47. The van der Waals surface area contributed by atoms with Crippen molar-refractivity contribution in [2.45, 2.75) is 39.8 Å². The van der Waals surface area contributed by atoms with Crippen LogP contribution in [0, 0.1) is 11.3 Å². The van der Waals surface area contributed by atoms with Gasteiger partial charge in [-0.2, -0.15) is 0 Å². The molecule has 0 bridgehead atoms. The fraction of sp³-hybridized carbons (Fsp3) is 0.692. The lowest BCUT2D eigenvalue weighted by Gasteiger charge is -2.33. The molecule has 0 aromatic heterocycles. The molecule has 0 unspecified atom stereocenters. The van der Waals surface area contributed by atoms with Crippen molar-refractivity contribution in [2.24, 2.45) is 11.3 Å². The molecule has 0 spiro atoms. The largest absolute Gasteiger partial charge is 0.447 e. The molecule has 5 heteroatoms. The number of carbonyl (C=O) groups is 2. The number of hydrogen-bond acceptors (Lipinski definition) is 4. The van der Waals surface area contributed by atoms with E-state index in [1.54, 1.807) is 13.8 Å². The summed E-state index contributed by atoms with van der Waals surface area (Å²) in [7, 11) is 0. The Balaban J connectivity index is 3.01. The third kappa shape index (κ3) is 2.41. The molecule has 5 nitrogen and oxygen atoms in total. The fourth-order valence-electron chi connectivity index (χ4n) is 1.89. The number of amides is 2. The SMILES string of the molecule is C=C[C@@H](O)C(C)(C)C(=O)N1C(=O)OC[C@H]1C(C)C. The summed E-state index contributed by atoms with van der Waals surface area (Å²) in [5, 5.41) is 9.81. The van der Waals surface area contributed by atoms with E-state index in [1.807, 2.05) is 13.8 Å². The number of hydrogen-bond donors (Lipinski definition) is 1. The van der Waals surface area contributed by atoms with Gasteiger partial charge in [-0.3, -0.25) is 4.79 Å². The maximum atomic E-state index is 12.4. The lowest BCUT2D eigenvalue weighted by atomic mass is 9.84. The molecule has 102 valence electrons. The van der Waals surface area contributed by atoms with Crippen LogP contribution in [-0.2, 0) is 9.53 Å². The Morgan fingerprint density at radius 2 is 2.17 bits per heavy atom. The Labute approximate surface area is 107 Å². The highest BCUT2D eigenvalue weighted by Crippen LogP contribution is 2.30. The summed E-state index contributed by atoms with van der Waals surface area (Å²) >= 11 is 0. The van der Waals surface area contributed by atoms with E-state index < -0.39 is 23.5 Å². The first-order valence-electron chi connectivity index (χ1n) is 6.04. The summed E-state index contributed by atoms with van der Waals surface area (Å²) in [6.07, 6.45) is -0.349. The first kappa shape index (κ1) is 14.7. The van der Waals surface area contributed by atoms with E-state index >= 15 is 0 Å². The van der Waals surface area contributed by atoms with Crippen molar-refractivity contribution < 1.29 is 19.4 Å². The van der Waals surface area contributed by atoms with Gasteiger partial charge in [0.2, 0.25) is 5.91 Å². The minimum Gasteiger partial charge on any atom is -0.447 e. The number of cyclic esters (lactones) is 1. The van der Waals surface area contributed by atoms with Gasteiger partial charge in [-0.25, -0.2) is 9.69 Å². The number of carbonyl (C=O) groups excluding carboxylic acids is 2. The van der Waals surface area contributed by atoms with Crippen molar-refractivity contribution in [3.05, 3.63) is 12.7 Å². The highest BCUT2D eigenvalue weighted by molar-refractivity contribution is 5.96. The van der Waals surface area contributed by atoms with Gasteiger partial charge < -0.3 is 9.84 Å². The molecule has 1 fully saturated rings. The van der Waals surface area contributed by atoms with Crippen LogP contribution in [0.15, 0.2) is 12.7 Å². The van der Waals surface area contributed by atoms with Gasteiger partial charge in [-0.05, 0) is 19.8 Å². The van der Waals surface area contributed by atoms with Gasteiger partial charge in [0.15, 0.2) is 0 Å². The number of aliphatic hydroxyl groups excluding tert-OH is 1. The Morgan fingerprint density at radius 1 is 1.61 bits per heavy atom. The average molecular weight is 255 g/mol. The molecule has 1 heterocycles. The maximum Gasteiger partial charge on any atom is 0.417 e. The second-order valence-electron chi connectivity index (χ2n) is 5.47. The normalized spacial score (nSPS) is 22.0. The summed E-state index contributed by atoms with van der Waals surface area (Å²) in [4.78, 5) is 25.2. The van der Waals surface area contributed by atoms with Crippen LogP contribution in [0.25, 0.3) is 0 Å². The first-order valence-corrected chi connectivity index (χ1v) is 6.04. The Morgan fingerprint density at radius 3 is 2.61 bits per heavy atom. The van der Waals surface area contributed by atoms with Crippen LogP contribution in [-0.4, -0.2) is 40.8 Å². The number of ether oxygens (including phenoxy) is 1. The van der Waals surface area contributed by atoms with Gasteiger partial charge >= 0.3 is 6.09 Å². The van der Waals surface area contributed by atoms with E-state index in [-0.39, 0.29) is 18.6 Å². The molecular formula is C13H21NO4. The van der Waals surface area contributed by atoms with E-state index in [1.165, 1.54) is 6.08 Å². The number of rotatable bonds is 4. The molecule has 2 amide bonds. The van der Waals surface area contributed by atoms with Crippen LogP contribution in [0.1, 0.15) is 27.7 Å². The third-order valence-electron chi connectivity index (χ3n) is 3.41. The maximum absolute atomic E-state index is 12.4. The molecule has 2 atom stereocenters. The molecule has 0 saturated carbocycles. The van der Waals surface area contributed by atoms with Crippen LogP contribution >= 0.6 is 0 Å². The summed E-state index contributed by atoms with van der Waals surface area (Å²) in [6, 6.07) is -0.277. The topological polar surface area (TPSA) is 66.8 Å². The quantitative estimate of drug-likeness (QED) is 0.774. The average Bonchev–Trinajstić information content (AvgIpc) is 2.68. The van der Waals surface area contributed by atoms with E-state index in [2.05, 4.69) is 6.58 Å².